The third kappa shape index (κ3) is 5.86. The number of nitrogens with zero attached hydrogens (tertiary/aromatic N) is 6. The molecular weight excluding hydrogens is 673 g/mol. The van der Waals surface area contributed by atoms with Gasteiger partial charge in [0.25, 0.3) is 0 Å². The summed E-state index contributed by atoms with van der Waals surface area (Å²) in [4.78, 5) is 12.4. The van der Waals surface area contributed by atoms with Crippen LogP contribution in [0.2, 0.25) is 0 Å². The molecule has 4 aromatic carbocycles. The molecule has 40 heavy (non-hydrogen) atoms. The molecule has 0 atom stereocenters. The topological polar surface area (TPSA) is 19.4 Å². The van der Waals surface area contributed by atoms with Crippen molar-refractivity contribution in [3.8, 4) is 0 Å². The average molecular weight is 701 g/mol. The van der Waals surface area contributed by atoms with Gasteiger partial charge in [-0.1, -0.05) is 12.1 Å². The Labute approximate surface area is 251 Å². The van der Waals surface area contributed by atoms with Crippen molar-refractivity contribution < 1.29 is 20.1 Å². The molecule has 0 spiro atoms. The number of rotatable bonds is 4. The Bertz CT molecular complexity index is 1350. The van der Waals surface area contributed by atoms with E-state index in [2.05, 4.69) is 71.1 Å². The monoisotopic (exact) mass is 701 g/mol. The van der Waals surface area contributed by atoms with E-state index in [9.17, 15) is 0 Å². The predicted molar refractivity (Wildman–Crippen MR) is 158 cm³/mol. The van der Waals surface area contributed by atoms with Gasteiger partial charge < -0.3 is 29.4 Å². The van der Waals surface area contributed by atoms with Gasteiger partial charge in [-0.15, -0.1) is 47.6 Å². The number of anilines is 6. The van der Waals surface area contributed by atoms with Crippen molar-refractivity contribution >= 4 is 34.1 Å². The van der Waals surface area contributed by atoms with Crippen LogP contribution in [-0.4, -0.2) is 23.9 Å². The fraction of sp³-hybridized carbons (Fsp3) is 0.0606. The van der Waals surface area contributed by atoms with E-state index in [-0.39, 0.29) is 20.1 Å². The first-order valence-electron chi connectivity index (χ1n) is 12.7. The molecule has 0 aromatic heterocycles. The molecule has 0 saturated heterocycles. The van der Waals surface area contributed by atoms with Gasteiger partial charge in [0.05, 0.1) is 0 Å². The summed E-state index contributed by atoms with van der Waals surface area (Å²) in [6.07, 6.45) is 8.06. The zero-order valence-corrected chi connectivity index (χ0v) is 24.6. The van der Waals surface area contributed by atoms with Crippen LogP contribution in [0, 0.1) is 38.2 Å². The zero-order chi connectivity index (χ0) is 26.6. The van der Waals surface area contributed by atoms with Crippen molar-refractivity contribution in [3.63, 3.8) is 0 Å². The summed E-state index contributed by atoms with van der Waals surface area (Å²) in [5.74, 6) is 0. The maximum atomic E-state index is 3.40. The van der Waals surface area contributed by atoms with Crippen molar-refractivity contribution in [2.45, 2.75) is 0 Å². The van der Waals surface area contributed by atoms with Crippen LogP contribution >= 0.6 is 0 Å². The minimum Gasteiger partial charge on any atom is -0.510 e. The molecule has 0 fully saturated rings. The second kappa shape index (κ2) is 12.3. The molecule has 7 heteroatoms. The summed E-state index contributed by atoms with van der Waals surface area (Å²) < 4.78 is 0. The van der Waals surface area contributed by atoms with Gasteiger partial charge in [-0.25, -0.2) is 0 Å². The van der Waals surface area contributed by atoms with E-state index >= 15 is 0 Å². The zero-order valence-electron chi connectivity index (χ0n) is 22.2. The van der Waals surface area contributed by atoms with E-state index in [1.807, 2.05) is 126 Å². The molecule has 3 aliphatic rings. The second-order valence-corrected chi connectivity index (χ2v) is 9.23. The molecule has 0 aliphatic carbocycles. The molecule has 0 N–H and O–H groups in total. The van der Waals surface area contributed by atoms with Crippen LogP contribution in [0.25, 0.3) is 0 Å². The Balaban J connectivity index is 0.000000159. The molecule has 1 radical (unpaired) electrons. The molecule has 0 saturated carbocycles. The summed E-state index contributed by atoms with van der Waals surface area (Å²) in [7, 11) is 4.01. The van der Waals surface area contributed by atoms with E-state index in [0.29, 0.717) is 0 Å². The number of benzene rings is 4. The Morgan fingerprint density at radius 3 is 1.35 bits per heavy atom. The van der Waals surface area contributed by atoms with E-state index in [1.165, 1.54) is 0 Å². The Kier molecular flexibility index (Phi) is 8.44. The van der Waals surface area contributed by atoms with E-state index in [4.69, 9.17) is 0 Å². The third-order valence-corrected chi connectivity index (χ3v) is 6.39. The molecule has 3 aliphatic heterocycles. The van der Waals surface area contributed by atoms with Gasteiger partial charge >= 0.3 is 0 Å². The first kappa shape index (κ1) is 27.4. The summed E-state index contributed by atoms with van der Waals surface area (Å²) in [5.41, 5.74) is 6.43. The molecule has 6 nitrogen and oxygen atoms in total. The quantitative estimate of drug-likeness (QED) is 0.215. The SMILES string of the molecule is CN1C=CN(c2[c-]c(N3C=CN(C)[CH-]3)ccc2)[CH-]1.[Ir].[c-]1ccccc1N1[CH-]N(c2[c-]cccc2)c2ccccc21. The molecule has 0 unspecified atom stereocenters. The van der Waals surface area contributed by atoms with E-state index in [0.717, 1.165) is 34.1 Å². The molecule has 0 bridgehead atoms. The van der Waals surface area contributed by atoms with Crippen molar-refractivity contribution in [1.29, 1.82) is 0 Å². The van der Waals surface area contributed by atoms with Gasteiger partial charge in [0.1, 0.15) is 0 Å². The fourth-order valence-electron chi connectivity index (χ4n) is 4.49. The predicted octanol–water partition coefficient (Wildman–Crippen LogP) is 6.86. The van der Waals surface area contributed by atoms with Crippen molar-refractivity contribution in [2.75, 3.05) is 33.7 Å². The first-order chi connectivity index (χ1) is 19.2. The van der Waals surface area contributed by atoms with Crippen LogP contribution in [-0.2, 0) is 20.1 Å². The number of fused-ring (bicyclic) bond motifs is 1. The smallest absolute Gasteiger partial charge is 0.0329 e. The number of para-hydroxylation sites is 4. The second-order valence-electron chi connectivity index (χ2n) is 9.23. The summed E-state index contributed by atoms with van der Waals surface area (Å²) in [6, 6.07) is 40.5. The average Bonchev–Trinajstić information content (AvgIpc) is 3.73. The van der Waals surface area contributed by atoms with Crippen molar-refractivity contribution in [3.05, 3.63) is 154 Å². The largest absolute Gasteiger partial charge is 0.510 e. The fourth-order valence-corrected chi connectivity index (χ4v) is 4.49. The standard InChI is InChI=1S/C19H13N2.C14H15N4.Ir/c1-3-9-16(10-4-1)20-15-21(17-11-5-2-6-12-17)19-14-8-7-13-18(19)20;1-15-6-8-17(11-15)13-4-3-5-14(10-13)18-9-7-16(2)12-18;/h1-9,11,13-15H;3-9,11-12H,1-2H3;/q2*-3;. The van der Waals surface area contributed by atoms with Gasteiger partial charge in [0.2, 0.25) is 0 Å². The number of hydrogen-bond acceptors (Lipinski definition) is 6. The molecule has 205 valence electrons. The first-order valence-corrected chi connectivity index (χ1v) is 12.7. The van der Waals surface area contributed by atoms with Gasteiger partial charge in [-0.2, -0.15) is 80.1 Å². The van der Waals surface area contributed by atoms with Crippen LogP contribution in [0.1, 0.15) is 0 Å². The van der Waals surface area contributed by atoms with Gasteiger partial charge in [0, 0.05) is 31.5 Å². The Morgan fingerprint density at radius 2 is 0.950 bits per heavy atom. The van der Waals surface area contributed by atoms with E-state index < -0.39 is 0 Å². The van der Waals surface area contributed by atoms with Crippen LogP contribution in [0.3, 0.4) is 0 Å². The van der Waals surface area contributed by atoms with Crippen LogP contribution in [0.15, 0.2) is 116 Å². The maximum absolute atomic E-state index is 3.40. The van der Waals surface area contributed by atoms with Crippen LogP contribution in [0.4, 0.5) is 34.1 Å². The number of hydrogen-bond donors (Lipinski definition) is 0. The van der Waals surface area contributed by atoms with Crippen molar-refractivity contribution in [2.24, 2.45) is 0 Å². The summed E-state index contributed by atoms with van der Waals surface area (Å²) in [5, 5.41) is 0. The molecular formula is C33H28IrN6-6. The van der Waals surface area contributed by atoms with Gasteiger partial charge in [-0.05, 0) is 51.0 Å². The van der Waals surface area contributed by atoms with Crippen LogP contribution in [0.5, 0.6) is 0 Å². The summed E-state index contributed by atoms with van der Waals surface area (Å²) in [6.45, 7) is 6.12. The maximum Gasteiger partial charge on any atom is 0.0329 e. The third-order valence-electron chi connectivity index (χ3n) is 6.39. The van der Waals surface area contributed by atoms with Gasteiger partial charge in [-0.3, -0.25) is 0 Å². The minimum absolute atomic E-state index is 0. The van der Waals surface area contributed by atoms with Gasteiger partial charge in [0.15, 0.2) is 0 Å². The molecule has 4 aromatic rings. The normalized spacial score (nSPS) is 15.2. The Hall–Kier alpha value is -4.19. The Morgan fingerprint density at radius 1 is 0.500 bits per heavy atom. The molecule has 0 amide bonds. The molecule has 7 rings (SSSR count). The minimum atomic E-state index is 0. The van der Waals surface area contributed by atoms with Crippen molar-refractivity contribution in [1.82, 2.24) is 9.80 Å². The van der Waals surface area contributed by atoms with E-state index in [1.54, 1.807) is 0 Å². The van der Waals surface area contributed by atoms with Crippen LogP contribution < -0.4 is 19.6 Å². The molecule has 3 heterocycles. The summed E-state index contributed by atoms with van der Waals surface area (Å²) >= 11 is 0.